The average Bonchev–Trinajstić information content (AvgIpc) is 3.17. The predicted molar refractivity (Wildman–Crippen MR) is 95.3 cm³/mol. The van der Waals surface area contributed by atoms with Gasteiger partial charge in [-0.05, 0) is 44.4 Å². The summed E-state index contributed by atoms with van der Waals surface area (Å²) in [5, 5.41) is 13.7. The first kappa shape index (κ1) is 16.6. The summed E-state index contributed by atoms with van der Waals surface area (Å²) in [7, 11) is -3.42. The summed E-state index contributed by atoms with van der Waals surface area (Å²) in [5.74, 6) is 1.05. The average molecular weight is 377 g/mol. The second-order valence-corrected chi connectivity index (χ2v) is 9.30. The molecule has 7 nitrogen and oxygen atoms in total. The lowest BCUT2D eigenvalue weighted by molar-refractivity contribution is 0.318. The van der Waals surface area contributed by atoms with Gasteiger partial charge in [0.2, 0.25) is 15.0 Å². The number of sulfonamides is 1. The van der Waals surface area contributed by atoms with E-state index in [1.165, 1.54) is 0 Å². The van der Waals surface area contributed by atoms with Crippen LogP contribution in [-0.2, 0) is 10.0 Å². The maximum atomic E-state index is 12.8. The first-order chi connectivity index (χ1) is 11.9. The number of benzene rings is 1. The van der Waals surface area contributed by atoms with Crippen molar-refractivity contribution in [1.29, 1.82) is 0 Å². The third-order valence-electron chi connectivity index (χ3n) is 4.59. The van der Waals surface area contributed by atoms with Crippen molar-refractivity contribution in [2.45, 2.75) is 37.5 Å². The van der Waals surface area contributed by atoms with Crippen molar-refractivity contribution in [2.24, 2.45) is 0 Å². The van der Waals surface area contributed by atoms with E-state index in [2.05, 4.69) is 15.3 Å². The molecule has 1 aliphatic rings. The molecule has 1 saturated heterocycles. The summed E-state index contributed by atoms with van der Waals surface area (Å²) in [6.07, 6.45) is 1.54. The van der Waals surface area contributed by atoms with Crippen LogP contribution < -0.4 is 0 Å². The number of hydrogen-bond donors (Lipinski definition) is 0. The lowest BCUT2D eigenvalue weighted by atomic mass is 9.99. The van der Waals surface area contributed by atoms with Gasteiger partial charge in [0.05, 0.1) is 4.90 Å². The third-order valence-corrected chi connectivity index (χ3v) is 7.55. The van der Waals surface area contributed by atoms with E-state index in [9.17, 15) is 8.42 Å². The van der Waals surface area contributed by atoms with Gasteiger partial charge < -0.3 is 0 Å². The normalized spacial score (nSPS) is 17.4. The van der Waals surface area contributed by atoms with Gasteiger partial charge in [-0.2, -0.15) is 13.9 Å². The van der Waals surface area contributed by atoms with Gasteiger partial charge >= 0.3 is 0 Å². The number of rotatable bonds is 3. The summed E-state index contributed by atoms with van der Waals surface area (Å²) in [6.45, 7) is 4.81. The molecule has 0 saturated carbocycles. The lowest BCUT2D eigenvalue weighted by Gasteiger charge is -2.30. The Hall–Kier alpha value is -1.84. The Morgan fingerprint density at radius 1 is 1.16 bits per heavy atom. The van der Waals surface area contributed by atoms with E-state index < -0.39 is 10.0 Å². The molecule has 3 aromatic rings. The molecule has 25 heavy (non-hydrogen) atoms. The van der Waals surface area contributed by atoms with Crippen LogP contribution in [0.2, 0.25) is 0 Å². The van der Waals surface area contributed by atoms with Gasteiger partial charge in [0.1, 0.15) is 5.01 Å². The Labute approximate surface area is 150 Å². The molecule has 9 heteroatoms. The molecule has 0 N–H and O–H groups in total. The van der Waals surface area contributed by atoms with Crippen LogP contribution in [0.5, 0.6) is 0 Å². The van der Waals surface area contributed by atoms with Crippen molar-refractivity contribution in [1.82, 2.24) is 24.1 Å². The summed E-state index contributed by atoms with van der Waals surface area (Å²) in [6, 6.07) is 7.09. The number of hydrogen-bond acceptors (Lipinski definition) is 6. The smallest absolute Gasteiger partial charge is 0.207 e. The van der Waals surface area contributed by atoms with E-state index in [0.29, 0.717) is 18.0 Å². The van der Waals surface area contributed by atoms with E-state index in [0.717, 1.165) is 34.2 Å². The fourth-order valence-electron chi connectivity index (χ4n) is 3.16. The highest BCUT2D eigenvalue weighted by atomic mass is 32.2. The Kier molecular flexibility index (Phi) is 4.09. The molecule has 0 bridgehead atoms. The molecule has 2 aromatic heterocycles. The van der Waals surface area contributed by atoms with Crippen LogP contribution in [0.25, 0.3) is 4.96 Å². The van der Waals surface area contributed by atoms with Gasteiger partial charge in [0.25, 0.3) is 0 Å². The zero-order valence-corrected chi connectivity index (χ0v) is 15.7. The van der Waals surface area contributed by atoms with E-state index in [1.807, 2.05) is 19.9 Å². The van der Waals surface area contributed by atoms with Crippen LogP contribution >= 0.6 is 11.3 Å². The van der Waals surface area contributed by atoms with Gasteiger partial charge in [0, 0.05) is 19.0 Å². The standard InChI is InChI=1S/C16H19N5O2S2/c1-11-4-3-5-14(10-11)25(22,23)20-8-6-13(7-9-20)15-19-21-12(2)17-18-16(21)24-15/h3-5,10,13H,6-9H2,1-2H3. The highest BCUT2D eigenvalue weighted by Gasteiger charge is 2.31. The van der Waals surface area contributed by atoms with E-state index in [1.54, 1.807) is 38.4 Å². The fourth-order valence-corrected chi connectivity index (χ4v) is 5.79. The minimum Gasteiger partial charge on any atom is -0.207 e. The maximum Gasteiger partial charge on any atom is 0.243 e. The largest absolute Gasteiger partial charge is 0.243 e. The number of aryl methyl sites for hydroxylation is 2. The summed E-state index contributed by atoms with van der Waals surface area (Å²) < 4.78 is 29.0. The second kappa shape index (κ2) is 6.15. The Balaban J connectivity index is 1.51. The fraction of sp³-hybridized carbons (Fsp3) is 0.438. The van der Waals surface area contributed by atoms with Crippen molar-refractivity contribution in [3.63, 3.8) is 0 Å². The molecule has 0 radical (unpaired) electrons. The molecule has 0 aliphatic carbocycles. The van der Waals surface area contributed by atoms with Crippen LogP contribution in [0.4, 0.5) is 0 Å². The zero-order valence-electron chi connectivity index (χ0n) is 14.1. The number of aromatic nitrogens is 4. The highest BCUT2D eigenvalue weighted by molar-refractivity contribution is 7.89. The number of fused-ring (bicyclic) bond motifs is 1. The van der Waals surface area contributed by atoms with Crippen LogP contribution in [0.1, 0.15) is 35.2 Å². The van der Waals surface area contributed by atoms with E-state index in [-0.39, 0.29) is 5.92 Å². The van der Waals surface area contributed by atoms with Crippen molar-refractivity contribution in [2.75, 3.05) is 13.1 Å². The van der Waals surface area contributed by atoms with Crippen molar-refractivity contribution < 1.29 is 8.42 Å². The van der Waals surface area contributed by atoms with Gasteiger partial charge in [-0.15, -0.1) is 10.2 Å². The first-order valence-electron chi connectivity index (χ1n) is 8.21. The molecule has 0 amide bonds. The van der Waals surface area contributed by atoms with Crippen LogP contribution in [0.3, 0.4) is 0 Å². The molecule has 3 heterocycles. The van der Waals surface area contributed by atoms with Crippen molar-refractivity contribution in [3.8, 4) is 0 Å². The van der Waals surface area contributed by atoms with Crippen LogP contribution in [0.15, 0.2) is 29.2 Å². The minimum absolute atomic E-state index is 0.273. The maximum absolute atomic E-state index is 12.8. The van der Waals surface area contributed by atoms with E-state index >= 15 is 0 Å². The molecule has 1 aliphatic heterocycles. The van der Waals surface area contributed by atoms with Crippen molar-refractivity contribution in [3.05, 3.63) is 40.7 Å². The predicted octanol–water partition coefficient (Wildman–Crippen LogP) is 2.37. The van der Waals surface area contributed by atoms with Gasteiger partial charge in [-0.25, -0.2) is 8.42 Å². The lowest BCUT2D eigenvalue weighted by Crippen LogP contribution is -2.37. The second-order valence-electron chi connectivity index (χ2n) is 6.38. The number of nitrogens with zero attached hydrogens (tertiary/aromatic N) is 5. The minimum atomic E-state index is -3.42. The first-order valence-corrected chi connectivity index (χ1v) is 10.5. The summed E-state index contributed by atoms with van der Waals surface area (Å²) in [4.78, 5) is 1.17. The molecular weight excluding hydrogens is 358 g/mol. The molecule has 0 unspecified atom stereocenters. The molecule has 0 atom stereocenters. The summed E-state index contributed by atoms with van der Waals surface area (Å²) >= 11 is 1.54. The Morgan fingerprint density at radius 3 is 2.60 bits per heavy atom. The Morgan fingerprint density at radius 2 is 1.92 bits per heavy atom. The van der Waals surface area contributed by atoms with Gasteiger partial charge in [-0.1, -0.05) is 23.5 Å². The molecule has 1 fully saturated rings. The topological polar surface area (TPSA) is 80.5 Å². The monoisotopic (exact) mass is 377 g/mol. The van der Waals surface area contributed by atoms with E-state index in [4.69, 9.17) is 0 Å². The SMILES string of the molecule is Cc1cccc(S(=O)(=O)N2CCC(c3nn4c(C)nnc4s3)CC2)c1. The Bertz CT molecular complexity index is 1020. The highest BCUT2D eigenvalue weighted by Crippen LogP contribution is 2.33. The summed E-state index contributed by atoms with van der Waals surface area (Å²) in [5.41, 5.74) is 0.950. The molecule has 4 rings (SSSR count). The van der Waals surface area contributed by atoms with Crippen LogP contribution in [-0.4, -0.2) is 45.6 Å². The van der Waals surface area contributed by atoms with Crippen LogP contribution in [0, 0.1) is 13.8 Å². The molecule has 0 spiro atoms. The van der Waals surface area contributed by atoms with Gasteiger partial charge in [-0.3, -0.25) is 0 Å². The van der Waals surface area contributed by atoms with Crippen molar-refractivity contribution >= 4 is 26.3 Å². The quantitative estimate of drug-likeness (QED) is 0.700. The molecule has 132 valence electrons. The van der Waals surface area contributed by atoms with Gasteiger partial charge in [0.15, 0.2) is 5.82 Å². The molecule has 1 aromatic carbocycles. The molecular formula is C16H19N5O2S2. The zero-order chi connectivity index (χ0) is 17.6. The third kappa shape index (κ3) is 2.96. The number of piperidine rings is 1.